The van der Waals surface area contributed by atoms with Crippen LogP contribution in [0.15, 0.2) is 18.3 Å². The number of aromatic nitrogens is 1. The van der Waals surface area contributed by atoms with Crippen molar-refractivity contribution < 1.29 is 9.18 Å². The standard InChI is InChI=1S/C14H18FN3O/c15-11-2-4-13(17-6-11)14(19)18-7-9-1-3-12(16)5-10(9)8-18/h2,4,6,9-10,12H,1,3,5,7-8,16H2/t9-,10+,12?/m1/s1. The van der Waals surface area contributed by atoms with Crippen LogP contribution in [0.25, 0.3) is 0 Å². The number of hydrogen-bond acceptors (Lipinski definition) is 3. The van der Waals surface area contributed by atoms with E-state index in [1.807, 2.05) is 4.90 Å². The van der Waals surface area contributed by atoms with E-state index < -0.39 is 5.82 Å². The number of carbonyl (C=O) groups excluding carboxylic acids is 1. The first kappa shape index (κ1) is 12.5. The van der Waals surface area contributed by atoms with E-state index in [2.05, 4.69) is 4.98 Å². The molecule has 1 saturated heterocycles. The van der Waals surface area contributed by atoms with Gasteiger partial charge in [0, 0.05) is 19.1 Å². The number of fused-ring (bicyclic) bond motifs is 1. The predicted octanol–water partition coefficient (Wildman–Crippen LogP) is 1.42. The van der Waals surface area contributed by atoms with E-state index in [1.54, 1.807) is 0 Å². The summed E-state index contributed by atoms with van der Waals surface area (Å²) in [5.41, 5.74) is 6.31. The lowest BCUT2D eigenvalue weighted by Gasteiger charge is -2.27. The zero-order valence-electron chi connectivity index (χ0n) is 10.8. The van der Waals surface area contributed by atoms with Crippen LogP contribution < -0.4 is 5.73 Å². The minimum Gasteiger partial charge on any atom is -0.337 e. The van der Waals surface area contributed by atoms with Crippen LogP contribution >= 0.6 is 0 Å². The topological polar surface area (TPSA) is 59.2 Å². The number of nitrogens with two attached hydrogens (primary N) is 1. The Morgan fingerprint density at radius 3 is 2.84 bits per heavy atom. The maximum atomic E-state index is 12.8. The van der Waals surface area contributed by atoms with Gasteiger partial charge in [-0.05, 0) is 43.2 Å². The van der Waals surface area contributed by atoms with E-state index in [4.69, 9.17) is 5.73 Å². The molecule has 2 fully saturated rings. The molecule has 1 unspecified atom stereocenters. The molecule has 2 N–H and O–H groups in total. The first-order chi connectivity index (χ1) is 9.13. The number of likely N-dealkylation sites (tertiary alicyclic amines) is 1. The summed E-state index contributed by atoms with van der Waals surface area (Å²) in [7, 11) is 0. The lowest BCUT2D eigenvalue weighted by molar-refractivity contribution is 0.0778. The van der Waals surface area contributed by atoms with Crippen molar-refractivity contribution in [2.75, 3.05) is 13.1 Å². The predicted molar refractivity (Wildman–Crippen MR) is 68.9 cm³/mol. The van der Waals surface area contributed by atoms with Gasteiger partial charge in [0.1, 0.15) is 11.5 Å². The van der Waals surface area contributed by atoms with Gasteiger partial charge in [-0.15, -0.1) is 0 Å². The van der Waals surface area contributed by atoms with Crippen LogP contribution in [0.4, 0.5) is 4.39 Å². The van der Waals surface area contributed by atoms with Crippen LogP contribution in [0.3, 0.4) is 0 Å². The maximum absolute atomic E-state index is 12.8. The van der Waals surface area contributed by atoms with Crippen molar-refractivity contribution in [1.29, 1.82) is 0 Å². The summed E-state index contributed by atoms with van der Waals surface area (Å²) in [5, 5.41) is 0. The average Bonchev–Trinajstić information content (AvgIpc) is 2.81. The third-order valence-electron chi connectivity index (χ3n) is 4.32. The van der Waals surface area contributed by atoms with E-state index in [0.717, 1.165) is 38.5 Å². The number of carbonyl (C=O) groups is 1. The highest BCUT2D eigenvalue weighted by atomic mass is 19.1. The quantitative estimate of drug-likeness (QED) is 0.833. The van der Waals surface area contributed by atoms with Gasteiger partial charge in [-0.25, -0.2) is 9.37 Å². The lowest BCUT2D eigenvalue weighted by Crippen LogP contribution is -2.32. The normalized spacial score (nSPS) is 30.2. The van der Waals surface area contributed by atoms with Crippen molar-refractivity contribution in [3.05, 3.63) is 29.8 Å². The van der Waals surface area contributed by atoms with Crippen LogP contribution in [0.2, 0.25) is 0 Å². The number of halogens is 1. The molecule has 0 spiro atoms. The Kier molecular flexibility index (Phi) is 3.22. The molecule has 1 aromatic rings. The van der Waals surface area contributed by atoms with Crippen molar-refractivity contribution in [2.45, 2.75) is 25.3 Å². The van der Waals surface area contributed by atoms with E-state index in [-0.39, 0.29) is 11.9 Å². The van der Waals surface area contributed by atoms with Gasteiger partial charge in [0.2, 0.25) is 0 Å². The smallest absolute Gasteiger partial charge is 0.272 e. The lowest BCUT2D eigenvalue weighted by atomic mass is 9.79. The first-order valence-electron chi connectivity index (χ1n) is 6.80. The molecule has 1 saturated carbocycles. The summed E-state index contributed by atoms with van der Waals surface area (Å²) in [5.74, 6) is 0.581. The van der Waals surface area contributed by atoms with Gasteiger partial charge >= 0.3 is 0 Å². The van der Waals surface area contributed by atoms with Gasteiger partial charge in [-0.1, -0.05) is 0 Å². The summed E-state index contributed by atoms with van der Waals surface area (Å²) >= 11 is 0. The van der Waals surface area contributed by atoms with E-state index in [1.165, 1.54) is 12.1 Å². The highest BCUT2D eigenvalue weighted by Gasteiger charge is 2.38. The zero-order valence-corrected chi connectivity index (χ0v) is 10.8. The molecule has 2 aliphatic rings. The molecule has 3 atom stereocenters. The molecule has 1 aromatic heterocycles. The Balaban J connectivity index is 1.70. The summed E-state index contributed by atoms with van der Waals surface area (Å²) in [6.07, 6.45) is 4.25. The van der Waals surface area contributed by atoms with Crippen LogP contribution in [-0.4, -0.2) is 34.9 Å². The van der Waals surface area contributed by atoms with Gasteiger partial charge < -0.3 is 10.6 Å². The molecule has 4 nitrogen and oxygen atoms in total. The van der Waals surface area contributed by atoms with Crippen LogP contribution in [-0.2, 0) is 0 Å². The van der Waals surface area contributed by atoms with E-state index in [0.29, 0.717) is 17.5 Å². The van der Waals surface area contributed by atoms with Crippen molar-refractivity contribution >= 4 is 5.91 Å². The highest BCUT2D eigenvalue weighted by molar-refractivity contribution is 5.92. The molecule has 102 valence electrons. The Morgan fingerprint density at radius 2 is 2.11 bits per heavy atom. The summed E-state index contributed by atoms with van der Waals surface area (Å²) < 4.78 is 12.8. The second-order valence-corrected chi connectivity index (χ2v) is 5.67. The maximum Gasteiger partial charge on any atom is 0.272 e. The minimum atomic E-state index is -0.419. The molecule has 5 heteroatoms. The second kappa shape index (κ2) is 4.89. The zero-order chi connectivity index (χ0) is 13.4. The fourth-order valence-electron chi connectivity index (χ4n) is 3.30. The molecule has 1 amide bonds. The molecule has 0 aromatic carbocycles. The van der Waals surface area contributed by atoms with Gasteiger partial charge in [0.15, 0.2) is 0 Å². The van der Waals surface area contributed by atoms with Crippen molar-refractivity contribution in [1.82, 2.24) is 9.88 Å². The number of amides is 1. The number of hydrogen-bond donors (Lipinski definition) is 1. The third-order valence-corrected chi connectivity index (χ3v) is 4.32. The van der Waals surface area contributed by atoms with Crippen LogP contribution in [0, 0.1) is 17.7 Å². The van der Waals surface area contributed by atoms with E-state index >= 15 is 0 Å². The fraction of sp³-hybridized carbons (Fsp3) is 0.571. The number of rotatable bonds is 1. The number of pyridine rings is 1. The highest BCUT2D eigenvalue weighted by Crippen LogP contribution is 2.36. The molecule has 1 aliphatic carbocycles. The Bertz CT molecular complexity index is 476. The van der Waals surface area contributed by atoms with Gasteiger partial charge in [-0.3, -0.25) is 4.79 Å². The van der Waals surface area contributed by atoms with Crippen LogP contribution in [0.5, 0.6) is 0 Å². The molecule has 3 rings (SSSR count). The summed E-state index contributed by atoms with van der Waals surface area (Å²) in [6.45, 7) is 1.55. The minimum absolute atomic E-state index is 0.0945. The monoisotopic (exact) mass is 263 g/mol. The summed E-state index contributed by atoms with van der Waals surface area (Å²) in [6, 6.07) is 3.00. The van der Waals surface area contributed by atoms with E-state index in [9.17, 15) is 9.18 Å². The SMILES string of the molecule is NC1CC[C@@H]2CN(C(=O)c3ccc(F)cn3)C[C@@H]2C1. The molecule has 1 aliphatic heterocycles. The molecule has 0 radical (unpaired) electrons. The van der Waals surface area contributed by atoms with Gasteiger partial charge in [-0.2, -0.15) is 0 Å². The van der Waals surface area contributed by atoms with Crippen molar-refractivity contribution in [3.8, 4) is 0 Å². The first-order valence-corrected chi connectivity index (χ1v) is 6.80. The summed E-state index contributed by atoms with van der Waals surface area (Å²) in [4.78, 5) is 18.0. The van der Waals surface area contributed by atoms with Crippen LogP contribution in [0.1, 0.15) is 29.8 Å². The van der Waals surface area contributed by atoms with Gasteiger partial charge in [0.25, 0.3) is 5.91 Å². The van der Waals surface area contributed by atoms with Crippen molar-refractivity contribution in [2.24, 2.45) is 17.6 Å². The Hall–Kier alpha value is -1.49. The largest absolute Gasteiger partial charge is 0.337 e. The second-order valence-electron chi connectivity index (χ2n) is 5.67. The molecule has 2 heterocycles. The van der Waals surface area contributed by atoms with Gasteiger partial charge in [0.05, 0.1) is 6.20 Å². The Morgan fingerprint density at radius 1 is 1.32 bits per heavy atom. The molecule has 19 heavy (non-hydrogen) atoms. The molecular weight excluding hydrogens is 245 g/mol. The molecule has 0 bridgehead atoms. The van der Waals surface area contributed by atoms with Crippen molar-refractivity contribution in [3.63, 3.8) is 0 Å². The number of nitrogens with zero attached hydrogens (tertiary/aromatic N) is 2. The Labute approximate surface area is 111 Å². The molecular formula is C14H18FN3O. The third kappa shape index (κ3) is 2.47. The average molecular weight is 263 g/mol. The fourth-order valence-corrected chi connectivity index (χ4v) is 3.30.